The van der Waals surface area contributed by atoms with Gasteiger partial charge in [-0.3, -0.25) is 4.79 Å². The van der Waals surface area contributed by atoms with Crippen molar-refractivity contribution in [2.75, 3.05) is 0 Å². The van der Waals surface area contributed by atoms with Crippen molar-refractivity contribution in [1.29, 1.82) is 0 Å². The van der Waals surface area contributed by atoms with Gasteiger partial charge in [-0.1, -0.05) is 24.3 Å². The average molecular weight is 273 g/mol. The van der Waals surface area contributed by atoms with Gasteiger partial charge in [-0.05, 0) is 29.3 Å². The molecule has 0 unspecified atom stereocenters. The van der Waals surface area contributed by atoms with E-state index in [4.69, 9.17) is 5.11 Å². The molecule has 0 fully saturated rings. The molecule has 2 rings (SSSR count). The van der Waals surface area contributed by atoms with Crippen LogP contribution in [-0.2, 0) is 13.2 Å². The number of aliphatic hydroxyl groups is 1. The molecule has 0 atom stereocenters. The van der Waals surface area contributed by atoms with E-state index in [1.165, 1.54) is 18.2 Å². The molecule has 0 aliphatic carbocycles. The second-order valence-corrected chi connectivity index (χ2v) is 4.36. The zero-order valence-electron chi connectivity index (χ0n) is 10.7. The largest absolute Gasteiger partial charge is 0.508 e. The Morgan fingerprint density at radius 1 is 1.00 bits per heavy atom. The number of amides is 1. The van der Waals surface area contributed by atoms with Crippen LogP contribution in [0.2, 0.25) is 0 Å². The molecule has 0 spiro atoms. The summed E-state index contributed by atoms with van der Waals surface area (Å²) < 4.78 is 0. The summed E-state index contributed by atoms with van der Waals surface area (Å²) in [7, 11) is 0. The Morgan fingerprint density at radius 2 is 1.65 bits per heavy atom. The molecule has 0 aromatic heterocycles. The third kappa shape index (κ3) is 3.27. The molecule has 5 nitrogen and oxygen atoms in total. The van der Waals surface area contributed by atoms with Gasteiger partial charge in [0.1, 0.15) is 11.5 Å². The second kappa shape index (κ2) is 6.08. The maximum absolute atomic E-state index is 11.9. The van der Waals surface area contributed by atoms with Crippen LogP contribution in [0.4, 0.5) is 0 Å². The van der Waals surface area contributed by atoms with E-state index in [9.17, 15) is 15.0 Å². The normalized spacial score (nSPS) is 10.2. The lowest BCUT2D eigenvalue weighted by molar-refractivity contribution is 0.0948. The minimum atomic E-state index is -0.468. The smallest absolute Gasteiger partial charge is 0.255 e. The van der Waals surface area contributed by atoms with Crippen molar-refractivity contribution in [3.05, 3.63) is 59.2 Å². The maximum atomic E-state index is 11.9. The monoisotopic (exact) mass is 273 g/mol. The lowest BCUT2D eigenvalue weighted by Gasteiger charge is -2.08. The number of rotatable bonds is 4. The molecule has 2 aromatic rings. The predicted molar refractivity (Wildman–Crippen MR) is 73.3 cm³/mol. The molecule has 0 aliphatic heterocycles. The van der Waals surface area contributed by atoms with Crippen molar-refractivity contribution in [3.8, 4) is 11.5 Å². The number of nitrogens with one attached hydrogen (secondary N) is 1. The van der Waals surface area contributed by atoms with Gasteiger partial charge in [0.25, 0.3) is 5.91 Å². The lowest BCUT2D eigenvalue weighted by Crippen LogP contribution is -2.22. The summed E-state index contributed by atoms with van der Waals surface area (Å²) in [6, 6.07) is 10.9. The molecule has 1 amide bonds. The summed E-state index contributed by atoms with van der Waals surface area (Å²) in [4.78, 5) is 11.9. The summed E-state index contributed by atoms with van der Waals surface area (Å²) >= 11 is 0. The van der Waals surface area contributed by atoms with Crippen LogP contribution in [0.5, 0.6) is 11.5 Å². The van der Waals surface area contributed by atoms with Crippen molar-refractivity contribution in [1.82, 2.24) is 5.32 Å². The van der Waals surface area contributed by atoms with E-state index < -0.39 is 5.91 Å². The van der Waals surface area contributed by atoms with Crippen molar-refractivity contribution >= 4 is 5.91 Å². The number of aliphatic hydroxyl groups excluding tert-OH is 1. The molecular formula is C15H15NO4. The van der Waals surface area contributed by atoms with Gasteiger partial charge in [0.2, 0.25) is 0 Å². The van der Waals surface area contributed by atoms with E-state index in [-0.39, 0.29) is 23.7 Å². The first-order valence-electron chi connectivity index (χ1n) is 6.09. The zero-order chi connectivity index (χ0) is 14.5. The van der Waals surface area contributed by atoms with Crippen LogP contribution in [0.15, 0.2) is 42.5 Å². The lowest BCUT2D eigenvalue weighted by atomic mass is 10.1. The minimum absolute atomic E-state index is 0.0240. The molecule has 0 saturated carbocycles. The summed E-state index contributed by atoms with van der Waals surface area (Å²) in [5.74, 6) is -0.735. The fraction of sp³-hybridized carbons (Fsp3) is 0.133. The first kappa shape index (κ1) is 13.9. The predicted octanol–water partition coefficient (Wildman–Crippen LogP) is 1.52. The Morgan fingerprint density at radius 3 is 2.30 bits per heavy atom. The Balaban J connectivity index is 2.02. The van der Waals surface area contributed by atoms with Crippen molar-refractivity contribution in [2.45, 2.75) is 13.2 Å². The van der Waals surface area contributed by atoms with E-state index in [1.807, 2.05) is 0 Å². The molecule has 0 heterocycles. The van der Waals surface area contributed by atoms with E-state index >= 15 is 0 Å². The summed E-state index contributed by atoms with van der Waals surface area (Å²) in [5, 5.41) is 30.5. The standard InChI is InChI=1S/C15H15NO4/c17-9-11-3-1-10(2-4-11)8-16-15(20)13-7-12(18)5-6-14(13)19/h1-7,17-19H,8-9H2,(H,16,20). The fourth-order valence-corrected chi connectivity index (χ4v) is 1.75. The average Bonchev–Trinajstić information content (AvgIpc) is 2.47. The molecule has 5 heteroatoms. The van der Waals surface area contributed by atoms with Gasteiger partial charge in [0.15, 0.2) is 0 Å². The Labute approximate surface area is 116 Å². The second-order valence-electron chi connectivity index (χ2n) is 4.36. The molecule has 2 aromatic carbocycles. The molecule has 0 bridgehead atoms. The van der Waals surface area contributed by atoms with Crippen LogP contribution in [0, 0.1) is 0 Å². The summed E-state index contributed by atoms with van der Waals surface area (Å²) in [5.41, 5.74) is 1.69. The number of benzene rings is 2. The molecular weight excluding hydrogens is 258 g/mol. The molecule has 0 radical (unpaired) electrons. The van der Waals surface area contributed by atoms with Crippen molar-refractivity contribution in [3.63, 3.8) is 0 Å². The molecule has 4 N–H and O–H groups in total. The zero-order valence-corrected chi connectivity index (χ0v) is 10.7. The van der Waals surface area contributed by atoms with Gasteiger partial charge in [0.05, 0.1) is 12.2 Å². The van der Waals surface area contributed by atoms with Gasteiger partial charge in [-0.15, -0.1) is 0 Å². The van der Waals surface area contributed by atoms with Crippen molar-refractivity contribution in [2.24, 2.45) is 0 Å². The van der Waals surface area contributed by atoms with Crippen molar-refractivity contribution < 1.29 is 20.1 Å². The maximum Gasteiger partial charge on any atom is 0.255 e. The number of phenolic OH excluding ortho intramolecular Hbond substituents is 2. The highest BCUT2D eigenvalue weighted by atomic mass is 16.3. The van der Waals surface area contributed by atoms with E-state index in [1.54, 1.807) is 24.3 Å². The van der Waals surface area contributed by atoms with E-state index in [0.29, 0.717) is 6.54 Å². The van der Waals surface area contributed by atoms with Crippen LogP contribution in [0.1, 0.15) is 21.5 Å². The van der Waals surface area contributed by atoms with Gasteiger partial charge in [0, 0.05) is 6.54 Å². The Hall–Kier alpha value is -2.53. The molecule has 104 valence electrons. The van der Waals surface area contributed by atoms with Crippen LogP contribution < -0.4 is 5.32 Å². The number of phenols is 2. The molecule has 0 saturated heterocycles. The van der Waals surface area contributed by atoms with E-state index in [2.05, 4.69) is 5.32 Å². The highest BCUT2D eigenvalue weighted by molar-refractivity contribution is 5.97. The fourth-order valence-electron chi connectivity index (χ4n) is 1.75. The SMILES string of the molecule is O=C(NCc1ccc(CO)cc1)c1cc(O)ccc1O. The number of carbonyl (C=O) groups is 1. The minimum Gasteiger partial charge on any atom is -0.508 e. The number of hydrogen-bond acceptors (Lipinski definition) is 4. The van der Waals surface area contributed by atoms with Crippen LogP contribution in [0.25, 0.3) is 0 Å². The number of hydrogen-bond donors (Lipinski definition) is 4. The number of carbonyl (C=O) groups excluding carboxylic acids is 1. The van der Waals surface area contributed by atoms with Crippen LogP contribution in [-0.4, -0.2) is 21.2 Å². The third-order valence-electron chi connectivity index (χ3n) is 2.88. The highest BCUT2D eigenvalue weighted by Crippen LogP contribution is 2.21. The topological polar surface area (TPSA) is 89.8 Å². The van der Waals surface area contributed by atoms with Crippen LogP contribution in [0.3, 0.4) is 0 Å². The summed E-state index contributed by atoms with van der Waals surface area (Å²) in [6.07, 6.45) is 0. The molecule has 0 aliphatic rings. The first-order chi connectivity index (χ1) is 9.60. The van der Waals surface area contributed by atoms with E-state index in [0.717, 1.165) is 11.1 Å². The first-order valence-corrected chi connectivity index (χ1v) is 6.09. The van der Waals surface area contributed by atoms with Gasteiger partial charge < -0.3 is 20.6 Å². The quantitative estimate of drug-likeness (QED) is 0.636. The van der Waals surface area contributed by atoms with Gasteiger partial charge in [-0.2, -0.15) is 0 Å². The summed E-state index contributed by atoms with van der Waals surface area (Å²) in [6.45, 7) is 0.267. The Kier molecular flexibility index (Phi) is 4.22. The molecule has 20 heavy (non-hydrogen) atoms. The third-order valence-corrected chi connectivity index (χ3v) is 2.88. The van der Waals surface area contributed by atoms with Crippen LogP contribution >= 0.6 is 0 Å². The highest BCUT2D eigenvalue weighted by Gasteiger charge is 2.11. The van der Waals surface area contributed by atoms with Gasteiger partial charge >= 0.3 is 0 Å². The number of aromatic hydroxyl groups is 2. The Bertz CT molecular complexity index is 608. The van der Waals surface area contributed by atoms with Gasteiger partial charge in [-0.25, -0.2) is 0 Å².